The SMILES string of the molecule is Cc1cc2c(cc1OCCCC(=O)Nc1cn(C)c(C(=O)Cc3ccc(-c4cc(C(=O)Nc5ccncc5)n(C)c4)cc3)n1)CC[C@@H]1CCCCN1C2=O. The maximum absolute atomic E-state index is 13.3. The fourth-order valence-electron chi connectivity index (χ4n) is 7.40. The lowest BCUT2D eigenvalue weighted by atomic mass is 9.97. The first kappa shape index (κ1) is 36.3. The number of hydrogen-bond acceptors (Lipinski definition) is 7. The van der Waals surface area contributed by atoms with Crippen LogP contribution in [0.15, 0.2) is 79.4 Å². The van der Waals surface area contributed by atoms with Crippen molar-refractivity contribution in [3.63, 3.8) is 0 Å². The van der Waals surface area contributed by atoms with Crippen LogP contribution >= 0.6 is 0 Å². The van der Waals surface area contributed by atoms with Crippen molar-refractivity contribution in [1.29, 1.82) is 0 Å². The van der Waals surface area contributed by atoms with Gasteiger partial charge in [-0.1, -0.05) is 24.3 Å². The number of imidazole rings is 1. The summed E-state index contributed by atoms with van der Waals surface area (Å²) in [4.78, 5) is 62.6. The van der Waals surface area contributed by atoms with Crippen molar-refractivity contribution in [1.82, 2.24) is 24.0 Å². The Morgan fingerprint density at radius 2 is 1.70 bits per heavy atom. The lowest BCUT2D eigenvalue weighted by Gasteiger charge is -2.34. The largest absolute Gasteiger partial charge is 0.493 e. The zero-order valence-corrected chi connectivity index (χ0v) is 30.9. The third-order valence-electron chi connectivity index (χ3n) is 10.3. The quantitative estimate of drug-likeness (QED) is 0.110. The second-order valence-corrected chi connectivity index (χ2v) is 14.2. The fraction of sp³-hybridized carbons (Fsp3) is 0.333. The van der Waals surface area contributed by atoms with Crippen molar-refractivity contribution in [3.8, 4) is 16.9 Å². The van der Waals surface area contributed by atoms with E-state index in [1.165, 1.54) is 6.42 Å². The molecule has 5 heterocycles. The number of amides is 3. The lowest BCUT2D eigenvalue weighted by molar-refractivity contribution is -0.116. The summed E-state index contributed by atoms with van der Waals surface area (Å²) in [5.41, 5.74) is 6.53. The van der Waals surface area contributed by atoms with E-state index in [-0.39, 0.29) is 42.2 Å². The van der Waals surface area contributed by atoms with Crippen LogP contribution in [0.1, 0.15) is 86.7 Å². The molecular formula is C42H45N7O5. The number of anilines is 2. The summed E-state index contributed by atoms with van der Waals surface area (Å²) in [6.07, 6.45) is 12.8. The Morgan fingerprint density at radius 1 is 0.907 bits per heavy atom. The van der Waals surface area contributed by atoms with Gasteiger partial charge in [0.15, 0.2) is 11.6 Å². The molecular weight excluding hydrogens is 683 g/mol. The van der Waals surface area contributed by atoms with Crippen molar-refractivity contribution >= 4 is 35.0 Å². The number of piperidine rings is 1. The maximum Gasteiger partial charge on any atom is 0.272 e. The van der Waals surface area contributed by atoms with Crippen LogP contribution in [-0.4, -0.2) is 66.7 Å². The Hall–Kier alpha value is -6.04. The van der Waals surface area contributed by atoms with Gasteiger partial charge < -0.3 is 29.4 Å². The van der Waals surface area contributed by atoms with Crippen LogP contribution in [0.25, 0.3) is 11.1 Å². The number of nitrogens with zero attached hydrogens (tertiary/aromatic N) is 5. The molecule has 3 aromatic heterocycles. The maximum atomic E-state index is 13.3. The van der Waals surface area contributed by atoms with Crippen LogP contribution in [0.4, 0.5) is 11.5 Å². The van der Waals surface area contributed by atoms with Crippen molar-refractivity contribution in [2.45, 2.75) is 64.3 Å². The normalized spacial score (nSPS) is 15.2. The number of ketones is 1. The Morgan fingerprint density at radius 3 is 2.50 bits per heavy atom. The minimum absolute atomic E-state index is 0.136. The standard InChI is InChI=1S/C42H45N7O5/c1-27-21-34-30(13-14-33-7-4-5-19-49(33)42(34)53)24-37(27)54-20-6-8-39(51)45-38-26-48(3)40(46-38)36(50)22-28-9-11-29(12-10-28)31-23-35(47(2)25-31)41(52)44-32-15-17-43-18-16-32/h9-12,15-18,21,23-26,33H,4-8,13-14,19-20,22H2,1-3H3,(H,45,51)(H,43,44,52)/t33-/m0/s1. The van der Waals surface area contributed by atoms with Gasteiger partial charge in [0.25, 0.3) is 11.8 Å². The molecule has 2 N–H and O–H groups in total. The molecule has 1 atom stereocenters. The van der Waals surface area contributed by atoms with Gasteiger partial charge in [0.1, 0.15) is 11.4 Å². The molecule has 1 saturated heterocycles. The van der Waals surface area contributed by atoms with E-state index in [1.807, 2.05) is 62.6 Å². The van der Waals surface area contributed by atoms with Gasteiger partial charge in [-0.2, -0.15) is 0 Å². The summed E-state index contributed by atoms with van der Waals surface area (Å²) in [6, 6.07) is 17.2. The van der Waals surface area contributed by atoms with E-state index in [0.717, 1.165) is 71.4 Å². The number of aromatic nitrogens is 4. The molecule has 0 radical (unpaired) electrons. The van der Waals surface area contributed by atoms with E-state index in [2.05, 4.69) is 25.5 Å². The molecule has 2 aromatic carbocycles. The van der Waals surface area contributed by atoms with Gasteiger partial charge in [-0.05, 0) is 98.0 Å². The Balaban J connectivity index is 0.887. The molecule has 3 amide bonds. The number of ether oxygens (including phenoxy) is 1. The van der Waals surface area contributed by atoms with Crippen LogP contribution in [0.2, 0.25) is 0 Å². The summed E-state index contributed by atoms with van der Waals surface area (Å²) in [5.74, 6) is 0.834. The molecule has 54 heavy (non-hydrogen) atoms. The highest BCUT2D eigenvalue weighted by atomic mass is 16.5. The van der Waals surface area contributed by atoms with E-state index in [9.17, 15) is 19.2 Å². The number of nitrogens with one attached hydrogen (secondary N) is 2. The number of pyridine rings is 1. The van der Waals surface area contributed by atoms with Gasteiger partial charge in [-0.25, -0.2) is 4.98 Å². The van der Waals surface area contributed by atoms with Crippen molar-refractivity contribution in [3.05, 3.63) is 113 Å². The van der Waals surface area contributed by atoms with Gasteiger partial charge in [0.2, 0.25) is 11.7 Å². The topological polar surface area (TPSA) is 140 Å². The molecule has 5 aromatic rings. The van der Waals surface area contributed by atoms with Gasteiger partial charge in [0, 0.05) is 81.1 Å². The number of aryl methyl sites for hydroxylation is 4. The minimum Gasteiger partial charge on any atom is -0.493 e. The molecule has 1 fully saturated rings. The third-order valence-corrected chi connectivity index (χ3v) is 10.3. The third kappa shape index (κ3) is 8.12. The molecule has 0 saturated carbocycles. The molecule has 2 aliphatic rings. The molecule has 0 aliphatic carbocycles. The molecule has 0 bridgehead atoms. The lowest BCUT2D eigenvalue weighted by Crippen LogP contribution is -2.42. The first-order valence-electron chi connectivity index (χ1n) is 18.5. The summed E-state index contributed by atoms with van der Waals surface area (Å²) in [5, 5.41) is 5.69. The number of carbonyl (C=O) groups is 4. The average molecular weight is 728 g/mol. The van der Waals surface area contributed by atoms with Crippen molar-refractivity contribution in [2.75, 3.05) is 23.8 Å². The van der Waals surface area contributed by atoms with Crippen LogP contribution in [0, 0.1) is 6.92 Å². The molecule has 278 valence electrons. The number of carbonyl (C=O) groups excluding carboxylic acids is 4. The first-order valence-corrected chi connectivity index (χ1v) is 18.5. The number of benzene rings is 2. The zero-order valence-electron chi connectivity index (χ0n) is 30.9. The summed E-state index contributed by atoms with van der Waals surface area (Å²) in [6.45, 7) is 3.15. The highest BCUT2D eigenvalue weighted by molar-refractivity contribution is 6.04. The summed E-state index contributed by atoms with van der Waals surface area (Å²) >= 11 is 0. The number of fused-ring (bicyclic) bond motifs is 2. The summed E-state index contributed by atoms with van der Waals surface area (Å²) in [7, 11) is 3.55. The molecule has 2 aliphatic heterocycles. The average Bonchev–Trinajstić information content (AvgIpc) is 3.71. The number of Topliss-reactive ketones (excluding diaryl/α,β-unsaturated/α-hetero) is 1. The van der Waals surface area contributed by atoms with Gasteiger partial charge in [-0.15, -0.1) is 0 Å². The highest BCUT2D eigenvalue weighted by Gasteiger charge is 2.32. The van der Waals surface area contributed by atoms with Gasteiger partial charge >= 0.3 is 0 Å². The van der Waals surface area contributed by atoms with Crippen molar-refractivity contribution < 1.29 is 23.9 Å². The Kier molecular flexibility index (Phi) is 10.7. The van der Waals surface area contributed by atoms with Crippen LogP contribution in [0.5, 0.6) is 5.75 Å². The molecule has 12 nitrogen and oxygen atoms in total. The first-order chi connectivity index (χ1) is 26.1. The molecule has 7 rings (SSSR count). The zero-order chi connectivity index (χ0) is 37.8. The predicted octanol–water partition coefficient (Wildman–Crippen LogP) is 6.55. The number of hydrogen-bond donors (Lipinski definition) is 2. The van der Waals surface area contributed by atoms with E-state index in [1.54, 1.807) is 46.9 Å². The molecule has 12 heteroatoms. The Bertz CT molecular complexity index is 2190. The minimum atomic E-state index is -0.223. The predicted molar refractivity (Wildman–Crippen MR) is 206 cm³/mol. The van der Waals surface area contributed by atoms with E-state index < -0.39 is 0 Å². The summed E-state index contributed by atoms with van der Waals surface area (Å²) < 4.78 is 9.49. The Labute approximate surface area is 314 Å². The van der Waals surface area contributed by atoms with Crippen LogP contribution < -0.4 is 15.4 Å². The van der Waals surface area contributed by atoms with E-state index in [0.29, 0.717) is 36.3 Å². The second kappa shape index (κ2) is 15.9. The van der Waals surface area contributed by atoms with E-state index in [4.69, 9.17) is 4.74 Å². The van der Waals surface area contributed by atoms with Gasteiger partial charge in [-0.3, -0.25) is 24.2 Å². The highest BCUT2D eigenvalue weighted by Crippen LogP contribution is 2.32. The van der Waals surface area contributed by atoms with Gasteiger partial charge in [0.05, 0.1) is 6.61 Å². The van der Waals surface area contributed by atoms with E-state index >= 15 is 0 Å². The molecule has 0 spiro atoms. The monoisotopic (exact) mass is 727 g/mol. The van der Waals surface area contributed by atoms with Crippen LogP contribution in [-0.2, 0) is 31.7 Å². The second-order valence-electron chi connectivity index (χ2n) is 14.2. The van der Waals surface area contributed by atoms with Crippen molar-refractivity contribution in [2.24, 2.45) is 14.1 Å². The number of rotatable bonds is 12. The van der Waals surface area contributed by atoms with Crippen LogP contribution in [0.3, 0.4) is 0 Å². The molecule has 0 unspecified atom stereocenters. The fourth-order valence-corrected chi connectivity index (χ4v) is 7.40. The smallest absolute Gasteiger partial charge is 0.272 e.